The number of anilines is 2. The molecule has 45 heavy (non-hydrogen) atoms. The highest BCUT2D eigenvalue weighted by Crippen LogP contribution is 2.50. The summed E-state index contributed by atoms with van der Waals surface area (Å²) in [5.74, 6) is -0.0477. The molecule has 0 spiro atoms. The van der Waals surface area contributed by atoms with Crippen LogP contribution in [0.4, 0.5) is 11.4 Å². The normalized spacial score (nSPS) is 18.7. The first-order valence-corrected chi connectivity index (χ1v) is 18.2. The van der Waals surface area contributed by atoms with Gasteiger partial charge in [-0.2, -0.15) is 0 Å². The lowest BCUT2D eigenvalue weighted by Gasteiger charge is -2.19. The van der Waals surface area contributed by atoms with E-state index in [-0.39, 0.29) is 41.0 Å². The van der Waals surface area contributed by atoms with Crippen molar-refractivity contribution in [2.45, 2.75) is 11.8 Å². The van der Waals surface area contributed by atoms with Crippen LogP contribution in [-0.2, 0) is 4.57 Å². The van der Waals surface area contributed by atoms with Gasteiger partial charge < -0.3 is 24.3 Å². The van der Waals surface area contributed by atoms with E-state index < -0.39 is 7.60 Å². The Bertz CT molecular complexity index is 2080. The second-order valence-electron chi connectivity index (χ2n) is 11.3. The minimum absolute atomic E-state index is 0.0810. The molecule has 230 valence electrons. The van der Waals surface area contributed by atoms with Crippen LogP contribution in [0.3, 0.4) is 0 Å². The zero-order chi connectivity index (χ0) is 31.6. The highest BCUT2D eigenvalue weighted by Gasteiger charge is 2.38. The minimum atomic E-state index is -3.90. The first-order valence-electron chi connectivity index (χ1n) is 14.2. The van der Waals surface area contributed by atoms with Crippen molar-refractivity contribution >= 4 is 86.9 Å². The van der Waals surface area contributed by atoms with E-state index in [9.17, 15) is 24.2 Å². The highest BCUT2D eigenvalue weighted by molar-refractivity contribution is 7.52. The van der Waals surface area contributed by atoms with Crippen LogP contribution in [0.15, 0.2) is 72.8 Å². The van der Waals surface area contributed by atoms with Crippen molar-refractivity contribution < 1.29 is 28.7 Å². The Kier molecular flexibility index (Phi) is 7.58. The molecule has 0 aliphatic carbocycles. The van der Waals surface area contributed by atoms with E-state index in [1.807, 2.05) is 42.5 Å². The number of fused-ring (bicyclic) bond motifs is 6. The number of carbonyl (C=O) groups is 2. The standard InChI is InChI=1S/C33H27Cl2N2O6PS/c1-44(41,42)43-27-13-25-31(23-9-5-3-7-21(23)27)19(15-35)17-37(25)33(40)29-11-10-28(45-29)32(39)36-16-18(14-34)30-22-8-4-2-6-20(22)26(38)12-24(30)36/h2-13,18-19,38H,14-17H2,1H3,(H,41,42). The number of halogens is 2. The topological polar surface area (TPSA) is 107 Å². The first-order chi connectivity index (χ1) is 21.6. The van der Waals surface area contributed by atoms with Crippen LogP contribution in [0.25, 0.3) is 21.5 Å². The first kappa shape index (κ1) is 30.1. The van der Waals surface area contributed by atoms with Gasteiger partial charge in [0, 0.05) is 66.3 Å². The summed E-state index contributed by atoms with van der Waals surface area (Å²) in [4.78, 5) is 41.9. The van der Waals surface area contributed by atoms with Crippen molar-refractivity contribution in [3.63, 3.8) is 0 Å². The van der Waals surface area contributed by atoms with Gasteiger partial charge in [-0.25, -0.2) is 4.57 Å². The molecular formula is C33H27Cl2N2O6PS. The van der Waals surface area contributed by atoms with Crippen molar-refractivity contribution in [3.8, 4) is 11.5 Å². The van der Waals surface area contributed by atoms with E-state index in [0.29, 0.717) is 50.9 Å². The number of thiophene rings is 1. The van der Waals surface area contributed by atoms with Crippen LogP contribution < -0.4 is 14.3 Å². The molecular weight excluding hydrogens is 654 g/mol. The number of hydrogen-bond donors (Lipinski definition) is 2. The zero-order valence-electron chi connectivity index (χ0n) is 23.9. The van der Waals surface area contributed by atoms with Crippen LogP contribution in [0, 0.1) is 0 Å². The number of phenols is 1. The maximum atomic E-state index is 14.0. The summed E-state index contributed by atoms with van der Waals surface area (Å²) in [6.07, 6.45) is 0. The number of alkyl halides is 2. The highest BCUT2D eigenvalue weighted by atomic mass is 35.5. The van der Waals surface area contributed by atoms with E-state index in [1.165, 1.54) is 0 Å². The Balaban J connectivity index is 1.24. The van der Waals surface area contributed by atoms with E-state index in [1.54, 1.807) is 40.1 Å². The Labute approximate surface area is 272 Å². The molecule has 3 heterocycles. The molecule has 2 N–H and O–H groups in total. The molecule has 3 unspecified atom stereocenters. The zero-order valence-corrected chi connectivity index (χ0v) is 27.2. The van der Waals surface area contributed by atoms with E-state index in [2.05, 4.69) is 0 Å². The molecule has 2 amide bonds. The SMILES string of the molecule is CP(=O)(O)Oc1cc2c(c3ccccc13)C(CCl)CN2C(=O)c1ccc(C(=O)N2CC(CCl)c3c2cc(O)c2ccccc32)s1. The summed E-state index contributed by atoms with van der Waals surface area (Å²) in [5.41, 5.74) is 2.95. The summed E-state index contributed by atoms with van der Waals surface area (Å²) in [7, 11) is -3.90. The fourth-order valence-corrected chi connectivity index (χ4v) is 8.49. The Morgan fingerprint density at radius 2 is 1.29 bits per heavy atom. The third-order valence-corrected chi connectivity index (χ3v) is 10.8. The molecule has 1 aromatic heterocycles. The predicted octanol–water partition coefficient (Wildman–Crippen LogP) is 7.92. The van der Waals surface area contributed by atoms with Crippen molar-refractivity contribution in [1.82, 2.24) is 0 Å². The van der Waals surface area contributed by atoms with Gasteiger partial charge in [0.1, 0.15) is 11.5 Å². The fourth-order valence-electron chi connectivity index (χ4n) is 6.57. The molecule has 7 rings (SSSR count). The number of rotatable bonds is 6. The lowest BCUT2D eigenvalue weighted by Crippen LogP contribution is -2.30. The second kappa shape index (κ2) is 11.3. The van der Waals surface area contributed by atoms with Crippen LogP contribution in [0.2, 0.25) is 0 Å². The molecule has 0 radical (unpaired) electrons. The maximum absolute atomic E-state index is 14.0. The minimum Gasteiger partial charge on any atom is -0.507 e. The third-order valence-electron chi connectivity index (χ3n) is 8.43. The Morgan fingerprint density at radius 3 is 1.80 bits per heavy atom. The summed E-state index contributed by atoms with van der Waals surface area (Å²) in [6, 6.07) is 21.4. The summed E-state index contributed by atoms with van der Waals surface area (Å²) >= 11 is 13.9. The lowest BCUT2D eigenvalue weighted by atomic mass is 9.95. The van der Waals surface area contributed by atoms with Crippen LogP contribution in [-0.4, -0.2) is 53.3 Å². The molecule has 4 aromatic carbocycles. The molecule has 2 aliphatic rings. The largest absolute Gasteiger partial charge is 0.507 e. The smallest absolute Gasteiger partial charge is 0.373 e. The Morgan fingerprint density at radius 1 is 0.822 bits per heavy atom. The van der Waals surface area contributed by atoms with E-state index in [4.69, 9.17) is 27.7 Å². The van der Waals surface area contributed by atoms with E-state index in [0.717, 1.165) is 39.9 Å². The van der Waals surface area contributed by atoms with Crippen molar-refractivity contribution in [2.24, 2.45) is 0 Å². The van der Waals surface area contributed by atoms with Gasteiger partial charge in [0.15, 0.2) is 0 Å². The number of benzene rings is 4. The van der Waals surface area contributed by atoms with Gasteiger partial charge in [-0.3, -0.25) is 9.59 Å². The lowest BCUT2D eigenvalue weighted by molar-refractivity contribution is 0.0986. The number of carbonyl (C=O) groups excluding carboxylic acids is 2. The monoisotopic (exact) mass is 680 g/mol. The average molecular weight is 682 g/mol. The van der Waals surface area contributed by atoms with Crippen LogP contribution >= 0.6 is 42.1 Å². The quantitative estimate of drug-likeness (QED) is 0.139. The molecule has 12 heteroatoms. The third kappa shape index (κ3) is 5.07. The number of aromatic hydroxyl groups is 1. The molecule has 5 aromatic rings. The molecule has 3 atom stereocenters. The Hall–Kier alpha value is -3.59. The van der Waals surface area contributed by atoms with Gasteiger partial charge >= 0.3 is 7.60 Å². The van der Waals surface area contributed by atoms with Gasteiger partial charge in [-0.1, -0.05) is 48.5 Å². The van der Waals surface area contributed by atoms with Crippen molar-refractivity contribution in [2.75, 3.05) is 41.3 Å². The van der Waals surface area contributed by atoms with Crippen LogP contribution in [0.1, 0.15) is 42.3 Å². The average Bonchev–Trinajstić information content (AvgIpc) is 3.76. The molecule has 0 saturated carbocycles. The predicted molar refractivity (Wildman–Crippen MR) is 181 cm³/mol. The molecule has 2 aliphatic heterocycles. The number of hydrogen-bond acceptors (Lipinski definition) is 6. The molecule has 0 bridgehead atoms. The number of nitrogens with zero attached hydrogens (tertiary/aromatic N) is 2. The van der Waals surface area contributed by atoms with Crippen molar-refractivity contribution in [3.05, 3.63) is 93.7 Å². The van der Waals surface area contributed by atoms with Gasteiger partial charge in [-0.05, 0) is 34.0 Å². The second-order valence-corrected chi connectivity index (χ2v) is 14.8. The summed E-state index contributed by atoms with van der Waals surface area (Å²) in [6.45, 7) is 1.77. The van der Waals surface area contributed by atoms with Gasteiger partial charge in [0.2, 0.25) is 0 Å². The molecule has 0 fully saturated rings. The maximum Gasteiger partial charge on any atom is 0.373 e. The van der Waals surface area contributed by atoms with Crippen molar-refractivity contribution in [1.29, 1.82) is 0 Å². The molecule has 0 saturated heterocycles. The van der Waals surface area contributed by atoms with Gasteiger partial charge in [0.25, 0.3) is 11.8 Å². The fraction of sp³-hybridized carbons (Fsp3) is 0.212. The summed E-state index contributed by atoms with van der Waals surface area (Å²) in [5, 5.41) is 13.8. The number of phenolic OH excluding ortho intramolecular Hbond substituents is 1. The van der Waals surface area contributed by atoms with Crippen LogP contribution in [0.5, 0.6) is 11.5 Å². The summed E-state index contributed by atoms with van der Waals surface area (Å²) < 4.78 is 17.7. The van der Waals surface area contributed by atoms with Gasteiger partial charge in [0.05, 0.1) is 21.1 Å². The van der Waals surface area contributed by atoms with Gasteiger partial charge in [-0.15, -0.1) is 34.5 Å². The number of amides is 2. The molecule has 8 nitrogen and oxygen atoms in total. The van der Waals surface area contributed by atoms with E-state index >= 15 is 0 Å².